The Morgan fingerprint density at radius 3 is 2.86 bits per heavy atom. The highest BCUT2D eigenvalue weighted by molar-refractivity contribution is 6.30. The van der Waals surface area contributed by atoms with Gasteiger partial charge in [0.2, 0.25) is 5.76 Å². The maximum Gasteiger partial charge on any atom is 0.373 e. The molecule has 0 amide bonds. The summed E-state index contributed by atoms with van der Waals surface area (Å²) >= 11 is 6.08. The number of aromatic nitrogens is 4. The molecule has 0 fully saturated rings. The van der Waals surface area contributed by atoms with Crippen molar-refractivity contribution < 1.29 is 13.9 Å². The summed E-state index contributed by atoms with van der Waals surface area (Å²) in [5, 5.41) is 9.87. The molecule has 0 N–H and O–H groups in total. The Morgan fingerprint density at radius 2 is 2.11 bits per heavy atom. The monoisotopic (exact) mass is 398 g/mol. The summed E-state index contributed by atoms with van der Waals surface area (Å²) in [5.74, 6) is -0.118. The summed E-state index contributed by atoms with van der Waals surface area (Å²) in [6.45, 7) is 1.86. The number of carbonyl (C=O) groups is 1. The highest BCUT2D eigenvalue weighted by atomic mass is 35.5. The van der Waals surface area contributed by atoms with Crippen LogP contribution >= 0.6 is 11.6 Å². The van der Waals surface area contributed by atoms with E-state index in [1.807, 2.05) is 6.07 Å². The lowest BCUT2D eigenvalue weighted by atomic mass is 10.2. The minimum Gasteiger partial charge on any atom is -0.463 e. The van der Waals surface area contributed by atoms with Crippen molar-refractivity contribution in [2.75, 3.05) is 7.11 Å². The zero-order valence-electron chi connectivity index (χ0n) is 15.0. The third-order valence-electron chi connectivity index (χ3n) is 4.27. The Balaban J connectivity index is 1.81. The number of hydrogen-bond donors (Lipinski definition) is 0. The first-order chi connectivity index (χ1) is 13.5. The molecule has 3 heterocycles. The van der Waals surface area contributed by atoms with Crippen LogP contribution < -0.4 is 5.56 Å². The average molecular weight is 399 g/mol. The number of benzene rings is 1. The molecule has 28 heavy (non-hydrogen) atoms. The largest absolute Gasteiger partial charge is 0.463 e. The quantitative estimate of drug-likeness (QED) is 0.491. The molecule has 0 atom stereocenters. The molecule has 1 aromatic carbocycles. The van der Waals surface area contributed by atoms with E-state index in [0.717, 1.165) is 0 Å². The Hall–Kier alpha value is -3.39. The number of carbonyl (C=O) groups excluding carboxylic acids is 1. The van der Waals surface area contributed by atoms with Crippen molar-refractivity contribution in [3.05, 3.63) is 75.2 Å². The van der Waals surface area contributed by atoms with Gasteiger partial charge in [0, 0.05) is 10.4 Å². The summed E-state index contributed by atoms with van der Waals surface area (Å²) in [7, 11) is 1.27. The first-order valence-corrected chi connectivity index (χ1v) is 8.74. The van der Waals surface area contributed by atoms with Gasteiger partial charge in [-0.1, -0.05) is 17.7 Å². The van der Waals surface area contributed by atoms with E-state index in [2.05, 4.69) is 14.9 Å². The molecule has 3 aromatic heterocycles. The van der Waals surface area contributed by atoms with Crippen molar-refractivity contribution in [1.82, 2.24) is 19.6 Å². The lowest BCUT2D eigenvalue weighted by Crippen LogP contribution is -2.26. The lowest BCUT2D eigenvalue weighted by molar-refractivity contribution is 0.0562. The molecule has 0 unspecified atom stereocenters. The summed E-state index contributed by atoms with van der Waals surface area (Å²) in [6, 6.07) is 10.2. The van der Waals surface area contributed by atoms with Crippen molar-refractivity contribution >= 4 is 28.5 Å². The van der Waals surface area contributed by atoms with Crippen LogP contribution in [0.5, 0.6) is 0 Å². The van der Waals surface area contributed by atoms with Crippen LogP contribution in [-0.4, -0.2) is 32.6 Å². The fraction of sp³-hybridized carbons (Fsp3) is 0.158. The van der Waals surface area contributed by atoms with Crippen molar-refractivity contribution in [3.63, 3.8) is 0 Å². The van der Waals surface area contributed by atoms with E-state index in [1.165, 1.54) is 22.5 Å². The van der Waals surface area contributed by atoms with Crippen LogP contribution in [0.15, 0.2) is 51.8 Å². The van der Waals surface area contributed by atoms with Crippen LogP contribution in [0.4, 0.5) is 0 Å². The molecule has 4 aromatic rings. The van der Waals surface area contributed by atoms with E-state index in [-0.39, 0.29) is 17.9 Å². The number of ether oxygens (including phenoxy) is 1. The predicted octanol–water partition coefficient (Wildman–Crippen LogP) is 2.97. The van der Waals surface area contributed by atoms with Crippen LogP contribution in [-0.2, 0) is 11.3 Å². The van der Waals surface area contributed by atoms with Gasteiger partial charge < -0.3 is 9.15 Å². The highest BCUT2D eigenvalue weighted by Gasteiger charge is 2.17. The van der Waals surface area contributed by atoms with E-state index >= 15 is 0 Å². The van der Waals surface area contributed by atoms with Gasteiger partial charge in [0.25, 0.3) is 5.56 Å². The van der Waals surface area contributed by atoms with Gasteiger partial charge in [0.1, 0.15) is 17.8 Å². The van der Waals surface area contributed by atoms with E-state index in [9.17, 15) is 9.59 Å². The van der Waals surface area contributed by atoms with Gasteiger partial charge in [0.15, 0.2) is 0 Å². The molecule has 0 aliphatic rings. The number of rotatable bonds is 4. The Kier molecular flexibility index (Phi) is 4.48. The zero-order valence-corrected chi connectivity index (χ0v) is 15.8. The van der Waals surface area contributed by atoms with Crippen LogP contribution in [0.2, 0.25) is 5.02 Å². The second-order valence-corrected chi connectivity index (χ2v) is 6.54. The number of furan rings is 1. The number of methoxy groups -OCH3 is 1. The number of aryl methyl sites for hydroxylation is 1. The molecular weight excluding hydrogens is 384 g/mol. The topological polar surface area (TPSA) is 92.2 Å². The fourth-order valence-corrected chi connectivity index (χ4v) is 3.14. The molecule has 0 saturated carbocycles. The van der Waals surface area contributed by atoms with Gasteiger partial charge in [-0.25, -0.2) is 14.2 Å². The van der Waals surface area contributed by atoms with Gasteiger partial charge in [-0.3, -0.25) is 4.79 Å². The van der Waals surface area contributed by atoms with Crippen molar-refractivity contribution in [1.29, 1.82) is 0 Å². The minimum atomic E-state index is -0.586. The van der Waals surface area contributed by atoms with Crippen molar-refractivity contribution in [3.8, 4) is 5.69 Å². The number of nitrogens with zero attached hydrogens (tertiary/aromatic N) is 4. The molecule has 4 rings (SSSR count). The molecule has 0 aliphatic heterocycles. The maximum absolute atomic E-state index is 13.1. The second kappa shape index (κ2) is 6.97. The van der Waals surface area contributed by atoms with Gasteiger partial charge in [-0.2, -0.15) is 10.2 Å². The molecule has 0 radical (unpaired) electrons. The van der Waals surface area contributed by atoms with E-state index < -0.39 is 5.97 Å². The molecule has 8 nitrogen and oxygen atoms in total. The molecule has 0 spiro atoms. The van der Waals surface area contributed by atoms with Gasteiger partial charge in [-0.15, -0.1) is 0 Å². The zero-order chi connectivity index (χ0) is 19.8. The molecule has 0 bridgehead atoms. The molecular formula is C19H15ClN4O4. The minimum absolute atomic E-state index is 0.0623. The first-order valence-electron chi connectivity index (χ1n) is 8.36. The number of esters is 1. The van der Waals surface area contributed by atoms with Crippen LogP contribution in [0.3, 0.4) is 0 Å². The van der Waals surface area contributed by atoms with Gasteiger partial charge >= 0.3 is 5.97 Å². The normalized spacial score (nSPS) is 11.1. The smallest absolute Gasteiger partial charge is 0.373 e. The number of halogens is 1. The Labute approximate surface area is 163 Å². The molecule has 142 valence electrons. The number of fused-ring (bicyclic) bond motifs is 1. The molecule has 0 saturated heterocycles. The molecule has 0 aliphatic carbocycles. The summed E-state index contributed by atoms with van der Waals surface area (Å²) in [6.07, 6.45) is 1.60. The van der Waals surface area contributed by atoms with Gasteiger partial charge in [0.05, 0.1) is 24.7 Å². The third-order valence-corrected chi connectivity index (χ3v) is 4.51. The van der Waals surface area contributed by atoms with Crippen LogP contribution in [0.25, 0.3) is 16.6 Å². The van der Waals surface area contributed by atoms with Crippen LogP contribution in [0.1, 0.15) is 22.0 Å². The highest BCUT2D eigenvalue weighted by Crippen LogP contribution is 2.20. The first kappa shape index (κ1) is 18.0. The molecule has 9 heteroatoms. The lowest BCUT2D eigenvalue weighted by Gasteiger charge is -2.08. The third kappa shape index (κ3) is 3.07. The van der Waals surface area contributed by atoms with Gasteiger partial charge in [-0.05, 0) is 37.3 Å². The van der Waals surface area contributed by atoms with Crippen molar-refractivity contribution in [2.45, 2.75) is 13.5 Å². The van der Waals surface area contributed by atoms with Crippen molar-refractivity contribution in [2.24, 2.45) is 0 Å². The average Bonchev–Trinajstić information content (AvgIpc) is 3.33. The summed E-state index contributed by atoms with van der Waals surface area (Å²) in [5.41, 5.74) is 1.36. The predicted molar refractivity (Wildman–Crippen MR) is 102 cm³/mol. The van der Waals surface area contributed by atoms with Crippen LogP contribution in [0, 0.1) is 6.92 Å². The SMILES string of the molecule is COC(=O)c1ccc(Cn2nc(C)c3cnn(-c4cccc(Cl)c4)c3c2=O)o1. The Bertz CT molecular complexity index is 1250. The Morgan fingerprint density at radius 1 is 1.29 bits per heavy atom. The second-order valence-electron chi connectivity index (χ2n) is 6.10. The summed E-state index contributed by atoms with van der Waals surface area (Å²) in [4.78, 5) is 24.6. The van der Waals surface area contributed by atoms with E-state index in [1.54, 1.807) is 37.4 Å². The standard InChI is InChI=1S/C19H15ClN4O4/c1-11-15-9-21-24(13-5-3-4-12(20)8-13)17(15)18(25)23(22-11)10-14-6-7-16(28-14)19(26)27-2/h3-9H,10H2,1-2H3. The summed E-state index contributed by atoms with van der Waals surface area (Å²) < 4.78 is 12.9. The fourth-order valence-electron chi connectivity index (χ4n) is 2.95. The number of hydrogen-bond acceptors (Lipinski definition) is 6. The van der Waals surface area contributed by atoms with E-state index in [0.29, 0.717) is 33.1 Å². The van der Waals surface area contributed by atoms with E-state index in [4.69, 9.17) is 16.0 Å². The maximum atomic E-state index is 13.1.